The summed E-state index contributed by atoms with van der Waals surface area (Å²) in [5.74, 6) is -1.83. The average Bonchev–Trinajstić information content (AvgIpc) is 2.13. The molecule has 1 aromatic carbocycles. The second-order valence-electron chi connectivity index (χ2n) is 2.66. The predicted octanol–water partition coefficient (Wildman–Crippen LogP) is 2.98. The molecule has 0 aromatic heterocycles. The van der Waals surface area contributed by atoms with Crippen LogP contribution >= 0.6 is 28.3 Å². The van der Waals surface area contributed by atoms with Crippen molar-refractivity contribution in [1.29, 1.82) is 0 Å². The van der Waals surface area contributed by atoms with Crippen LogP contribution in [0.25, 0.3) is 0 Å². The molecule has 1 rings (SSSR count). The molecule has 0 aliphatic carbocycles. The quantitative estimate of drug-likeness (QED) is 0.882. The lowest BCUT2D eigenvalue weighted by molar-refractivity contribution is 0.115. The minimum atomic E-state index is -2.85. The Kier molecular flexibility index (Phi) is 5.41. The highest BCUT2D eigenvalue weighted by Crippen LogP contribution is 2.32. The first kappa shape index (κ1) is 14.5. The number of benzene rings is 1. The molecule has 0 saturated carbocycles. The number of aromatic hydroxyl groups is 1. The number of phenolic OH excluding ortho intramolecular Hbond substituents is 1. The second kappa shape index (κ2) is 5.58. The highest BCUT2D eigenvalue weighted by molar-refractivity contribution is 9.10. The maximum absolute atomic E-state index is 13.0. The van der Waals surface area contributed by atoms with Gasteiger partial charge in [-0.15, -0.1) is 12.4 Å². The van der Waals surface area contributed by atoms with Gasteiger partial charge in [0.1, 0.15) is 0 Å². The number of hydrogen-bond donors (Lipinski definition) is 2. The summed E-state index contributed by atoms with van der Waals surface area (Å²) in [5, 5.41) is 9.18. The summed E-state index contributed by atoms with van der Waals surface area (Å²) in [6.07, 6.45) is -2.85. The zero-order valence-corrected chi connectivity index (χ0v) is 9.66. The van der Waals surface area contributed by atoms with Crippen LogP contribution in [-0.2, 0) is 0 Å². The van der Waals surface area contributed by atoms with E-state index in [2.05, 4.69) is 15.9 Å². The summed E-state index contributed by atoms with van der Waals surface area (Å²) in [6.45, 7) is 0. The fraction of sp³-hybridized carbons (Fsp3) is 0.250. The molecular weight excluding hydrogens is 298 g/mol. The fourth-order valence-electron chi connectivity index (χ4n) is 0.960. The lowest BCUT2D eigenvalue weighted by Gasteiger charge is -2.13. The lowest BCUT2D eigenvalue weighted by atomic mass is 10.1. The SMILES string of the molecule is Cl.N[C@@H](c1ccc(Br)c(F)c1O)C(F)F. The van der Waals surface area contributed by atoms with E-state index in [0.717, 1.165) is 6.07 Å². The van der Waals surface area contributed by atoms with Crippen molar-refractivity contribution in [2.75, 3.05) is 0 Å². The van der Waals surface area contributed by atoms with Crippen LogP contribution in [0.2, 0.25) is 0 Å². The molecule has 0 unspecified atom stereocenters. The molecule has 2 nitrogen and oxygen atoms in total. The molecule has 0 heterocycles. The summed E-state index contributed by atoms with van der Waals surface area (Å²) >= 11 is 2.80. The van der Waals surface area contributed by atoms with Gasteiger partial charge in [0.25, 0.3) is 6.43 Å². The van der Waals surface area contributed by atoms with Crippen LogP contribution in [0.4, 0.5) is 13.2 Å². The van der Waals surface area contributed by atoms with Crippen molar-refractivity contribution in [3.8, 4) is 5.75 Å². The van der Waals surface area contributed by atoms with Crippen LogP contribution in [0.15, 0.2) is 16.6 Å². The van der Waals surface area contributed by atoms with Crippen molar-refractivity contribution >= 4 is 28.3 Å². The molecule has 0 radical (unpaired) electrons. The smallest absolute Gasteiger partial charge is 0.257 e. The molecule has 0 aliphatic rings. The van der Waals surface area contributed by atoms with E-state index in [9.17, 15) is 18.3 Å². The van der Waals surface area contributed by atoms with E-state index in [4.69, 9.17) is 5.73 Å². The van der Waals surface area contributed by atoms with E-state index in [1.807, 2.05) is 0 Å². The van der Waals surface area contributed by atoms with E-state index in [1.165, 1.54) is 6.07 Å². The van der Waals surface area contributed by atoms with E-state index in [-0.39, 0.29) is 22.4 Å². The summed E-state index contributed by atoms with van der Waals surface area (Å²) in [7, 11) is 0. The highest BCUT2D eigenvalue weighted by atomic mass is 79.9. The Morgan fingerprint density at radius 1 is 1.33 bits per heavy atom. The minimum Gasteiger partial charge on any atom is -0.505 e. The van der Waals surface area contributed by atoms with Gasteiger partial charge in [0.05, 0.1) is 10.5 Å². The van der Waals surface area contributed by atoms with Crippen LogP contribution in [-0.4, -0.2) is 11.5 Å². The lowest BCUT2D eigenvalue weighted by Crippen LogP contribution is -2.19. The summed E-state index contributed by atoms with van der Waals surface area (Å²) in [4.78, 5) is 0. The largest absolute Gasteiger partial charge is 0.505 e. The van der Waals surface area contributed by atoms with Gasteiger partial charge in [0.2, 0.25) is 0 Å². The van der Waals surface area contributed by atoms with Crippen molar-refractivity contribution in [3.63, 3.8) is 0 Å². The number of phenols is 1. The Bertz CT molecular complexity index is 351. The molecule has 7 heteroatoms. The van der Waals surface area contributed by atoms with Gasteiger partial charge in [0, 0.05) is 5.56 Å². The highest BCUT2D eigenvalue weighted by Gasteiger charge is 2.23. The Morgan fingerprint density at radius 2 is 1.87 bits per heavy atom. The predicted molar refractivity (Wildman–Crippen MR) is 55.9 cm³/mol. The van der Waals surface area contributed by atoms with Crippen LogP contribution in [0.1, 0.15) is 11.6 Å². The summed E-state index contributed by atoms with van der Waals surface area (Å²) in [6, 6.07) is 0.684. The topological polar surface area (TPSA) is 46.2 Å². The van der Waals surface area contributed by atoms with Crippen molar-refractivity contribution in [3.05, 3.63) is 28.0 Å². The Labute approximate surface area is 98.8 Å². The molecule has 0 fully saturated rings. The normalized spacial score (nSPS) is 12.4. The third kappa shape index (κ3) is 2.99. The maximum Gasteiger partial charge on any atom is 0.257 e. The molecule has 15 heavy (non-hydrogen) atoms. The average molecular weight is 307 g/mol. The third-order valence-electron chi connectivity index (χ3n) is 1.73. The van der Waals surface area contributed by atoms with Gasteiger partial charge in [-0.05, 0) is 22.0 Å². The van der Waals surface area contributed by atoms with Gasteiger partial charge in [-0.2, -0.15) is 0 Å². The Balaban J connectivity index is 0.00000196. The number of alkyl halides is 2. The monoisotopic (exact) mass is 305 g/mol. The Hall–Kier alpha value is -0.460. The molecule has 0 aliphatic heterocycles. The molecule has 1 aromatic rings. The van der Waals surface area contributed by atoms with E-state index in [0.29, 0.717) is 0 Å². The van der Waals surface area contributed by atoms with E-state index in [1.54, 1.807) is 0 Å². The first-order valence-corrected chi connectivity index (χ1v) is 4.45. The minimum absolute atomic E-state index is 0. The molecule has 1 atom stereocenters. The third-order valence-corrected chi connectivity index (χ3v) is 2.34. The van der Waals surface area contributed by atoms with E-state index >= 15 is 0 Å². The molecule has 0 saturated heterocycles. The fourth-order valence-corrected chi connectivity index (χ4v) is 1.28. The number of halogens is 5. The number of hydrogen-bond acceptors (Lipinski definition) is 2. The van der Waals surface area contributed by atoms with Gasteiger partial charge in [-0.1, -0.05) is 6.07 Å². The summed E-state index contributed by atoms with van der Waals surface area (Å²) < 4.78 is 37.3. The van der Waals surface area contributed by atoms with Crippen molar-refractivity contribution < 1.29 is 18.3 Å². The van der Waals surface area contributed by atoms with Crippen molar-refractivity contribution in [1.82, 2.24) is 0 Å². The second-order valence-corrected chi connectivity index (χ2v) is 3.51. The maximum atomic E-state index is 13.0. The van der Waals surface area contributed by atoms with Gasteiger partial charge < -0.3 is 10.8 Å². The standard InChI is InChI=1S/C8H7BrF3NO.ClH/c9-4-2-1-3(6(13)8(11)12)7(14)5(4)10;/h1-2,6,8,14H,13H2;1H/t6-;/m0./s1. The first-order valence-electron chi connectivity index (χ1n) is 3.65. The zero-order valence-electron chi connectivity index (χ0n) is 7.25. The molecule has 3 N–H and O–H groups in total. The van der Waals surface area contributed by atoms with Crippen LogP contribution < -0.4 is 5.73 Å². The van der Waals surface area contributed by atoms with E-state index < -0.39 is 24.0 Å². The van der Waals surface area contributed by atoms with Gasteiger partial charge in [0.15, 0.2) is 11.6 Å². The van der Waals surface area contributed by atoms with Gasteiger partial charge in [-0.3, -0.25) is 0 Å². The van der Waals surface area contributed by atoms with Crippen LogP contribution in [0.5, 0.6) is 5.75 Å². The molecule has 0 bridgehead atoms. The van der Waals surface area contributed by atoms with Gasteiger partial charge >= 0.3 is 0 Å². The van der Waals surface area contributed by atoms with Crippen LogP contribution in [0.3, 0.4) is 0 Å². The molecule has 0 spiro atoms. The van der Waals surface area contributed by atoms with Gasteiger partial charge in [-0.25, -0.2) is 13.2 Å². The number of nitrogens with two attached hydrogens (primary N) is 1. The zero-order chi connectivity index (χ0) is 10.9. The van der Waals surface area contributed by atoms with Crippen molar-refractivity contribution in [2.24, 2.45) is 5.73 Å². The summed E-state index contributed by atoms with van der Waals surface area (Å²) in [5.41, 5.74) is 4.76. The molecule has 0 amide bonds. The number of rotatable bonds is 2. The molecule has 86 valence electrons. The molecular formula is C8H8BrClF3NO. The van der Waals surface area contributed by atoms with Crippen LogP contribution in [0, 0.1) is 5.82 Å². The van der Waals surface area contributed by atoms with Crippen molar-refractivity contribution in [2.45, 2.75) is 12.5 Å². The Morgan fingerprint density at radius 3 is 2.33 bits per heavy atom. The first-order chi connectivity index (χ1) is 6.45.